The highest BCUT2D eigenvalue weighted by molar-refractivity contribution is 7.22. The van der Waals surface area contributed by atoms with Gasteiger partial charge in [-0.15, -0.1) is 0 Å². The second-order valence-corrected chi connectivity index (χ2v) is 9.05. The van der Waals surface area contributed by atoms with E-state index in [0.29, 0.717) is 12.1 Å². The topological polar surface area (TPSA) is 63.1 Å². The van der Waals surface area contributed by atoms with Gasteiger partial charge >= 0.3 is 0 Å². The average Bonchev–Trinajstić information content (AvgIpc) is 3.40. The molecule has 1 atom stereocenters. The maximum absolute atomic E-state index is 13.9. The molecule has 0 radical (unpaired) electrons. The Bertz CT molecular complexity index is 1250. The first kappa shape index (κ1) is 20.6. The monoisotopic (exact) mass is 449 g/mol. The highest BCUT2D eigenvalue weighted by Gasteiger charge is 2.28. The molecule has 1 fully saturated rings. The number of hydrogen-bond donors (Lipinski definition) is 1. The molecule has 4 aromatic rings. The predicted octanol–water partition coefficient (Wildman–Crippen LogP) is 4.46. The van der Waals surface area contributed by atoms with Gasteiger partial charge in [0.1, 0.15) is 5.82 Å². The molecule has 0 aliphatic carbocycles. The quantitative estimate of drug-likeness (QED) is 0.489. The second-order valence-electron chi connectivity index (χ2n) is 8.08. The molecular formula is C24H24FN5OS. The maximum Gasteiger partial charge on any atom is 0.225 e. The summed E-state index contributed by atoms with van der Waals surface area (Å²) in [5.74, 6) is -0.477. The largest absolute Gasteiger partial charge is 0.352 e. The van der Waals surface area contributed by atoms with Gasteiger partial charge in [-0.3, -0.25) is 4.79 Å². The summed E-state index contributed by atoms with van der Waals surface area (Å²) in [6, 6.07) is 16.5. The van der Waals surface area contributed by atoms with Crippen LogP contribution in [0.2, 0.25) is 0 Å². The molecule has 8 heteroatoms. The fourth-order valence-electron chi connectivity index (χ4n) is 4.14. The number of nitrogens with one attached hydrogen (secondary N) is 1. The average molecular weight is 450 g/mol. The number of para-hydroxylation sites is 1. The van der Waals surface area contributed by atoms with E-state index >= 15 is 0 Å². The number of hydrogen-bond acceptors (Lipinski definition) is 5. The summed E-state index contributed by atoms with van der Waals surface area (Å²) in [5.41, 5.74) is 3.27. The number of amides is 1. The fraction of sp³-hybridized carbons (Fsp3) is 0.292. The Kier molecular flexibility index (Phi) is 5.61. The van der Waals surface area contributed by atoms with Crippen molar-refractivity contribution in [3.8, 4) is 5.69 Å². The van der Waals surface area contributed by atoms with Crippen LogP contribution in [0, 0.1) is 18.7 Å². The molecule has 1 aliphatic rings. The van der Waals surface area contributed by atoms with Crippen molar-refractivity contribution in [3.63, 3.8) is 0 Å². The number of anilines is 1. The summed E-state index contributed by atoms with van der Waals surface area (Å²) in [6.45, 7) is 3.68. The number of aromatic nitrogens is 3. The lowest BCUT2D eigenvalue weighted by molar-refractivity contribution is -0.125. The number of carbonyl (C=O) groups excluding carboxylic acids is 1. The van der Waals surface area contributed by atoms with Gasteiger partial charge in [-0.2, -0.15) is 10.1 Å². The highest BCUT2D eigenvalue weighted by Crippen LogP contribution is 2.34. The van der Waals surface area contributed by atoms with Crippen molar-refractivity contribution < 1.29 is 9.18 Å². The first-order valence-electron chi connectivity index (χ1n) is 10.8. The molecule has 0 saturated carbocycles. The molecule has 2 aromatic heterocycles. The molecule has 6 nitrogen and oxygen atoms in total. The number of thiazole rings is 1. The van der Waals surface area contributed by atoms with Crippen molar-refractivity contribution in [2.45, 2.75) is 26.3 Å². The van der Waals surface area contributed by atoms with E-state index in [1.54, 1.807) is 29.5 Å². The van der Waals surface area contributed by atoms with Gasteiger partial charge in [0.2, 0.25) is 5.91 Å². The summed E-state index contributed by atoms with van der Waals surface area (Å²) >= 11 is 1.62. The smallest absolute Gasteiger partial charge is 0.225 e. The van der Waals surface area contributed by atoms with Crippen LogP contribution in [-0.2, 0) is 11.3 Å². The zero-order valence-electron chi connectivity index (χ0n) is 17.8. The predicted molar refractivity (Wildman–Crippen MR) is 125 cm³/mol. The first-order valence-corrected chi connectivity index (χ1v) is 11.6. The summed E-state index contributed by atoms with van der Waals surface area (Å²) in [7, 11) is 0. The van der Waals surface area contributed by atoms with Gasteiger partial charge in [-0.1, -0.05) is 47.7 Å². The highest BCUT2D eigenvalue weighted by atomic mass is 32.1. The van der Waals surface area contributed by atoms with Crippen LogP contribution in [0.5, 0.6) is 0 Å². The van der Waals surface area contributed by atoms with Crippen molar-refractivity contribution in [3.05, 3.63) is 71.7 Å². The minimum Gasteiger partial charge on any atom is -0.352 e. The molecule has 1 aliphatic heterocycles. The van der Waals surface area contributed by atoms with Gasteiger partial charge in [-0.25, -0.2) is 9.07 Å². The molecular weight excluding hydrogens is 425 g/mol. The molecule has 1 N–H and O–H groups in total. The Hall–Kier alpha value is -3.26. The third-order valence-corrected chi connectivity index (χ3v) is 7.07. The van der Waals surface area contributed by atoms with Crippen molar-refractivity contribution >= 4 is 32.7 Å². The van der Waals surface area contributed by atoms with Crippen LogP contribution in [0.25, 0.3) is 16.0 Å². The van der Waals surface area contributed by atoms with Crippen LogP contribution in [0.1, 0.15) is 24.1 Å². The standard InChI is InChI=1S/C24H24FN5OS/c1-16-21-22(30(28-16)19-10-3-2-4-11-19)27-24(32-21)29-13-7-9-18(15-29)23(31)26-14-17-8-5-6-12-20(17)25/h2-6,8,10-12,18H,7,9,13-15H2,1H3,(H,26,31). The van der Waals surface area contributed by atoms with Gasteiger partial charge in [0.15, 0.2) is 10.8 Å². The number of halogens is 1. The third kappa shape index (κ3) is 3.98. The number of piperidine rings is 1. The van der Waals surface area contributed by atoms with Crippen LogP contribution < -0.4 is 10.2 Å². The van der Waals surface area contributed by atoms with Gasteiger partial charge in [0.25, 0.3) is 0 Å². The Morgan fingerprint density at radius 1 is 1.19 bits per heavy atom. The van der Waals surface area contributed by atoms with Gasteiger partial charge in [0, 0.05) is 25.2 Å². The normalized spacial score (nSPS) is 16.4. The van der Waals surface area contributed by atoms with E-state index in [1.807, 2.05) is 41.9 Å². The zero-order valence-corrected chi connectivity index (χ0v) is 18.6. The zero-order chi connectivity index (χ0) is 22.1. The Labute approximate surface area is 189 Å². The SMILES string of the molecule is Cc1nn(-c2ccccc2)c2nc(N3CCCC(C(=O)NCc4ccccc4F)C3)sc12. The minimum atomic E-state index is -0.296. The van der Waals surface area contributed by atoms with Crippen molar-refractivity contribution in [1.29, 1.82) is 0 Å². The molecule has 32 heavy (non-hydrogen) atoms. The molecule has 1 unspecified atom stereocenters. The van der Waals surface area contributed by atoms with Crippen LogP contribution >= 0.6 is 11.3 Å². The third-order valence-electron chi connectivity index (χ3n) is 5.85. The van der Waals surface area contributed by atoms with E-state index in [-0.39, 0.29) is 24.2 Å². The maximum atomic E-state index is 13.9. The number of fused-ring (bicyclic) bond motifs is 1. The number of aryl methyl sites for hydroxylation is 1. The van der Waals surface area contributed by atoms with E-state index in [4.69, 9.17) is 4.98 Å². The first-order chi connectivity index (χ1) is 15.6. The summed E-state index contributed by atoms with van der Waals surface area (Å²) in [6.07, 6.45) is 1.73. The lowest BCUT2D eigenvalue weighted by Crippen LogP contribution is -2.43. The van der Waals surface area contributed by atoms with Crippen LogP contribution in [0.3, 0.4) is 0 Å². The van der Waals surface area contributed by atoms with Crippen LogP contribution in [-0.4, -0.2) is 33.8 Å². The Morgan fingerprint density at radius 3 is 2.78 bits per heavy atom. The van der Waals surface area contributed by atoms with Gasteiger partial charge in [-0.05, 0) is 38.0 Å². The van der Waals surface area contributed by atoms with Gasteiger partial charge in [0.05, 0.1) is 22.0 Å². The van der Waals surface area contributed by atoms with Crippen molar-refractivity contribution in [1.82, 2.24) is 20.1 Å². The second kappa shape index (κ2) is 8.70. The summed E-state index contributed by atoms with van der Waals surface area (Å²) < 4.78 is 16.8. The number of benzene rings is 2. The number of carbonyl (C=O) groups is 1. The minimum absolute atomic E-state index is 0.0364. The molecule has 3 heterocycles. The van der Waals surface area contributed by atoms with E-state index in [0.717, 1.165) is 46.2 Å². The van der Waals surface area contributed by atoms with Crippen LogP contribution in [0.15, 0.2) is 54.6 Å². The lowest BCUT2D eigenvalue weighted by atomic mass is 9.97. The van der Waals surface area contributed by atoms with Crippen molar-refractivity contribution in [2.24, 2.45) is 5.92 Å². The van der Waals surface area contributed by atoms with Crippen LogP contribution in [0.4, 0.5) is 9.52 Å². The molecule has 2 aromatic carbocycles. The molecule has 0 bridgehead atoms. The Morgan fingerprint density at radius 2 is 1.97 bits per heavy atom. The number of nitrogens with zero attached hydrogens (tertiary/aromatic N) is 4. The lowest BCUT2D eigenvalue weighted by Gasteiger charge is -2.31. The van der Waals surface area contributed by atoms with E-state index in [9.17, 15) is 9.18 Å². The molecule has 164 valence electrons. The van der Waals surface area contributed by atoms with E-state index < -0.39 is 0 Å². The molecule has 5 rings (SSSR count). The summed E-state index contributed by atoms with van der Waals surface area (Å²) in [5, 5.41) is 8.48. The van der Waals surface area contributed by atoms with E-state index in [1.165, 1.54) is 6.07 Å². The van der Waals surface area contributed by atoms with Gasteiger partial charge < -0.3 is 10.2 Å². The summed E-state index contributed by atoms with van der Waals surface area (Å²) in [4.78, 5) is 19.9. The Balaban J connectivity index is 1.32. The van der Waals surface area contributed by atoms with Crippen molar-refractivity contribution in [2.75, 3.05) is 18.0 Å². The fourth-order valence-corrected chi connectivity index (χ4v) is 5.16. The number of rotatable bonds is 5. The molecule has 1 amide bonds. The molecule has 1 saturated heterocycles. The molecule has 0 spiro atoms. The van der Waals surface area contributed by atoms with E-state index in [2.05, 4.69) is 15.3 Å².